The minimum atomic E-state index is -0.562. The Morgan fingerprint density at radius 2 is 1.70 bits per heavy atom. The standard InChI is InChI=1S/C32H42FN7O3/c33-28-6-5-24(20-29-25-3-1-2-4-26(25)31(42)36-35-29)19-27(28)32(43)40-17-15-39(16-18-40)30(41)22-37-11-7-23(8-12-37)21-38-13-9-34-10-14-38/h1-2,4-6,19,23,25,34H,3,7-18,20-22H2,(H,36,42). The van der Waals surface area contributed by atoms with Crippen molar-refractivity contribution in [2.45, 2.75) is 25.7 Å². The topological polar surface area (TPSA) is 101 Å². The van der Waals surface area contributed by atoms with Crippen LogP contribution >= 0.6 is 0 Å². The van der Waals surface area contributed by atoms with E-state index in [4.69, 9.17) is 0 Å². The first-order valence-corrected chi connectivity index (χ1v) is 15.7. The van der Waals surface area contributed by atoms with Crippen LogP contribution in [0, 0.1) is 17.7 Å². The molecule has 3 amide bonds. The molecule has 0 aromatic heterocycles. The second kappa shape index (κ2) is 13.5. The number of carbonyl (C=O) groups is 3. The van der Waals surface area contributed by atoms with Crippen LogP contribution in [-0.4, -0.2) is 122 Å². The van der Waals surface area contributed by atoms with Gasteiger partial charge in [-0.3, -0.25) is 19.3 Å². The normalized spacial score (nSPS) is 23.8. The summed E-state index contributed by atoms with van der Waals surface area (Å²) in [6, 6.07) is 4.59. The molecule has 1 atom stereocenters. The van der Waals surface area contributed by atoms with Crippen LogP contribution in [0.3, 0.4) is 0 Å². The Morgan fingerprint density at radius 3 is 2.47 bits per heavy atom. The van der Waals surface area contributed by atoms with Crippen LogP contribution in [-0.2, 0) is 16.0 Å². The number of nitrogens with one attached hydrogen (secondary N) is 2. The van der Waals surface area contributed by atoms with Crippen molar-refractivity contribution in [2.75, 3.05) is 78.5 Å². The van der Waals surface area contributed by atoms with Gasteiger partial charge in [-0.25, -0.2) is 9.82 Å². The van der Waals surface area contributed by atoms with E-state index in [1.165, 1.54) is 6.07 Å². The molecule has 11 heteroatoms. The van der Waals surface area contributed by atoms with E-state index in [-0.39, 0.29) is 29.2 Å². The highest BCUT2D eigenvalue weighted by molar-refractivity contribution is 6.07. The highest BCUT2D eigenvalue weighted by Crippen LogP contribution is 2.27. The van der Waals surface area contributed by atoms with Gasteiger partial charge in [0.05, 0.1) is 17.8 Å². The molecular weight excluding hydrogens is 549 g/mol. The van der Waals surface area contributed by atoms with Crippen LogP contribution in [0.4, 0.5) is 4.39 Å². The fraction of sp³-hybridized carbons (Fsp3) is 0.562. The fourth-order valence-electron chi connectivity index (χ4n) is 6.87. The second-order valence-electron chi connectivity index (χ2n) is 12.3. The number of piperidine rings is 1. The maximum atomic E-state index is 14.9. The van der Waals surface area contributed by atoms with Crippen LogP contribution in [0.2, 0.25) is 0 Å². The largest absolute Gasteiger partial charge is 0.338 e. The summed E-state index contributed by atoms with van der Waals surface area (Å²) in [7, 11) is 0. The number of rotatable bonds is 7. The van der Waals surface area contributed by atoms with Crippen molar-refractivity contribution in [3.05, 3.63) is 58.9 Å². The highest BCUT2D eigenvalue weighted by atomic mass is 19.1. The van der Waals surface area contributed by atoms with Crippen molar-refractivity contribution >= 4 is 23.4 Å². The van der Waals surface area contributed by atoms with Gasteiger partial charge in [0.2, 0.25) is 5.91 Å². The number of hydrogen-bond donors (Lipinski definition) is 2. The molecule has 6 rings (SSSR count). The Kier molecular flexibility index (Phi) is 9.30. The molecule has 43 heavy (non-hydrogen) atoms. The first-order chi connectivity index (χ1) is 20.9. The molecule has 1 aliphatic carbocycles. The number of nitrogens with zero attached hydrogens (tertiary/aromatic N) is 5. The monoisotopic (exact) mass is 591 g/mol. The summed E-state index contributed by atoms with van der Waals surface area (Å²) >= 11 is 0. The average molecular weight is 592 g/mol. The summed E-state index contributed by atoms with van der Waals surface area (Å²) in [5.41, 5.74) is 4.82. The number of hydrazone groups is 1. The van der Waals surface area contributed by atoms with Gasteiger partial charge < -0.3 is 20.0 Å². The van der Waals surface area contributed by atoms with Crippen LogP contribution in [0.1, 0.15) is 35.2 Å². The van der Waals surface area contributed by atoms with Crippen molar-refractivity contribution in [3.63, 3.8) is 0 Å². The Bertz CT molecular complexity index is 1310. The van der Waals surface area contributed by atoms with Gasteiger partial charge in [-0.2, -0.15) is 5.10 Å². The van der Waals surface area contributed by atoms with E-state index in [9.17, 15) is 18.8 Å². The lowest BCUT2D eigenvalue weighted by molar-refractivity contribution is -0.134. The fourth-order valence-corrected chi connectivity index (χ4v) is 6.87. The molecule has 2 N–H and O–H groups in total. The summed E-state index contributed by atoms with van der Waals surface area (Å²) in [5.74, 6) is -0.431. The molecule has 10 nitrogen and oxygen atoms in total. The Balaban J connectivity index is 0.981. The Hall–Kier alpha value is -3.41. The molecule has 5 aliphatic rings. The number of amides is 3. The molecule has 1 aromatic rings. The number of carbonyl (C=O) groups excluding carboxylic acids is 3. The zero-order chi connectivity index (χ0) is 29.8. The third-order valence-corrected chi connectivity index (χ3v) is 9.48. The maximum Gasteiger partial charge on any atom is 0.267 e. The summed E-state index contributed by atoms with van der Waals surface area (Å²) in [4.78, 5) is 46.9. The first-order valence-electron chi connectivity index (χ1n) is 15.7. The molecule has 0 spiro atoms. The number of halogens is 1. The van der Waals surface area contributed by atoms with E-state index in [0.29, 0.717) is 57.1 Å². The minimum Gasteiger partial charge on any atom is -0.338 e. The van der Waals surface area contributed by atoms with E-state index in [1.807, 2.05) is 17.1 Å². The molecule has 3 saturated heterocycles. The number of likely N-dealkylation sites (tertiary alicyclic amines) is 1. The molecule has 230 valence electrons. The van der Waals surface area contributed by atoms with Gasteiger partial charge in [0.1, 0.15) is 5.82 Å². The molecule has 4 heterocycles. The highest BCUT2D eigenvalue weighted by Gasteiger charge is 2.32. The van der Waals surface area contributed by atoms with E-state index >= 15 is 0 Å². The third kappa shape index (κ3) is 7.05. The van der Waals surface area contributed by atoms with E-state index in [0.717, 1.165) is 69.9 Å². The summed E-state index contributed by atoms with van der Waals surface area (Å²) < 4.78 is 14.9. The van der Waals surface area contributed by atoms with E-state index in [1.54, 1.807) is 23.1 Å². The van der Waals surface area contributed by atoms with Crippen LogP contribution in [0.25, 0.3) is 0 Å². The van der Waals surface area contributed by atoms with Gasteiger partial charge in [0, 0.05) is 76.8 Å². The summed E-state index contributed by atoms with van der Waals surface area (Å²) in [6.45, 7) is 9.52. The lowest BCUT2D eigenvalue weighted by Crippen LogP contribution is -2.53. The quantitative estimate of drug-likeness (QED) is 0.496. The number of allylic oxidation sites excluding steroid dienone is 3. The van der Waals surface area contributed by atoms with Gasteiger partial charge in [0.15, 0.2) is 0 Å². The summed E-state index contributed by atoms with van der Waals surface area (Å²) in [6.07, 6.45) is 9.02. The predicted molar refractivity (Wildman–Crippen MR) is 162 cm³/mol. The molecule has 0 saturated carbocycles. The average Bonchev–Trinajstić information content (AvgIpc) is 3.04. The number of benzene rings is 1. The zero-order valence-electron chi connectivity index (χ0n) is 24.8. The lowest BCUT2D eigenvalue weighted by atomic mass is 9.83. The van der Waals surface area contributed by atoms with Crippen molar-refractivity contribution < 1.29 is 18.8 Å². The van der Waals surface area contributed by atoms with Gasteiger partial charge in [-0.15, -0.1) is 0 Å². The van der Waals surface area contributed by atoms with Gasteiger partial charge in [-0.05, 0) is 56.0 Å². The minimum absolute atomic E-state index is 0.0284. The molecule has 4 aliphatic heterocycles. The van der Waals surface area contributed by atoms with Crippen LogP contribution in [0.15, 0.2) is 47.1 Å². The van der Waals surface area contributed by atoms with Crippen molar-refractivity contribution in [2.24, 2.45) is 16.9 Å². The number of fused-ring (bicyclic) bond motifs is 1. The number of hydrogen-bond acceptors (Lipinski definition) is 7. The van der Waals surface area contributed by atoms with E-state index < -0.39 is 5.82 Å². The van der Waals surface area contributed by atoms with Crippen LogP contribution < -0.4 is 10.7 Å². The van der Waals surface area contributed by atoms with Gasteiger partial charge in [-0.1, -0.05) is 24.3 Å². The van der Waals surface area contributed by atoms with Crippen molar-refractivity contribution in [3.8, 4) is 0 Å². The van der Waals surface area contributed by atoms with Crippen LogP contribution in [0.5, 0.6) is 0 Å². The SMILES string of the molecule is O=C1NN=C(Cc2ccc(F)c(C(=O)N3CCN(C(=O)CN4CCC(CN5CCNCC5)CC4)CC3)c2)C2CC=CC=C12. The molecule has 1 unspecified atom stereocenters. The van der Waals surface area contributed by atoms with Crippen molar-refractivity contribution in [1.29, 1.82) is 0 Å². The molecule has 3 fully saturated rings. The maximum absolute atomic E-state index is 14.9. The lowest BCUT2D eigenvalue weighted by Gasteiger charge is -2.38. The smallest absolute Gasteiger partial charge is 0.267 e. The Morgan fingerprint density at radius 1 is 0.953 bits per heavy atom. The Labute approximate surface area is 252 Å². The first kappa shape index (κ1) is 29.7. The number of piperazine rings is 2. The second-order valence-corrected chi connectivity index (χ2v) is 12.3. The van der Waals surface area contributed by atoms with E-state index in [2.05, 4.69) is 25.6 Å². The summed E-state index contributed by atoms with van der Waals surface area (Å²) in [5, 5.41) is 7.69. The van der Waals surface area contributed by atoms with Gasteiger partial charge >= 0.3 is 0 Å². The molecule has 0 radical (unpaired) electrons. The zero-order valence-corrected chi connectivity index (χ0v) is 24.8. The molecular formula is C32H42FN7O3. The molecule has 1 aromatic carbocycles. The third-order valence-electron chi connectivity index (χ3n) is 9.48. The van der Waals surface area contributed by atoms with Crippen molar-refractivity contribution in [1.82, 2.24) is 30.3 Å². The molecule has 0 bridgehead atoms. The predicted octanol–water partition coefficient (Wildman–Crippen LogP) is 1.26. The van der Waals surface area contributed by atoms with Gasteiger partial charge in [0.25, 0.3) is 11.8 Å².